The summed E-state index contributed by atoms with van der Waals surface area (Å²) in [5.41, 5.74) is 3.04. The molecule has 0 aliphatic carbocycles. The van der Waals surface area contributed by atoms with Gasteiger partial charge in [0.1, 0.15) is 0 Å². The van der Waals surface area contributed by atoms with Crippen molar-refractivity contribution < 1.29 is 4.79 Å². The van der Waals surface area contributed by atoms with Crippen molar-refractivity contribution in [3.05, 3.63) is 53.5 Å². The normalized spacial score (nSPS) is 10.7. The number of nitrogens with one attached hydrogen (secondary N) is 2. The van der Waals surface area contributed by atoms with Crippen molar-refractivity contribution in [3.8, 4) is 0 Å². The largest absolute Gasteiger partial charge is 0.361 e. The molecule has 3 aromatic rings. The first-order valence-electron chi connectivity index (χ1n) is 6.33. The van der Waals surface area contributed by atoms with Gasteiger partial charge in [0.2, 0.25) is 5.95 Å². The maximum absolute atomic E-state index is 12.3. The number of nitrogens with zero attached hydrogens (tertiary/aromatic N) is 2. The van der Waals surface area contributed by atoms with E-state index < -0.39 is 0 Å². The molecule has 3 rings (SSSR count). The van der Waals surface area contributed by atoms with Crippen LogP contribution in [-0.2, 0) is 0 Å². The van der Waals surface area contributed by atoms with Gasteiger partial charge in [-0.1, -0.05) is 12.1 Å². The Hall–Kier alpha value is -2.69. The van der Waals surface area contributed by atoms with E-state index >= 15 is 0 Å². The summed E-state index contributed by atoms with van der Waals surface area (Å²) in [7, 11) is 0. The van der Waals surface area contributed by atoms with Gasteiger partial charge >= 0.3 is 0 Å². The molecule has 0 aliphatic heterocycles. The van der Waals surface area contributed by atoms with E-state index in [2.05, 4.69) is 20.3 Å². The highest BCUT2D eigenvalue weighted by Crippen LogP contribution is 2.17. The van der Waals surface area contributed by atoms with Crippen molar-refractivity contribution in [2.75, 3.05) is 5.32 Å². The topological polar surface area (TPSA) is 70.7 Å². The zero-order valence-electron chi connectivity index (χ0n) is 11.3. The number of carbonyl (C=O) groups is 1. The monoisotopic (exact) mass is 266 g/mol. The summed E-state index contributed by atoms with van der Waals surface area (Å²) in [5.74, 6) is 0.110. The number of amides is 1. The summed E-state index contributed by atoms with van der Waals surface area (Å²) in [6, 6.07) is 9.38. The van der Waals surface area contributed by atoms with Gasteiger partial charge < -0.3 is 4.98 Å². The van der Waals surface area contributed by atoms with Gasteiger partial charge in [0.05, 0.1) is 11.1 Å². The van der Waals surface area contributed by atoms with Crippen LogP contribution in [0, 0.1) is 13.8 Å². The van der Waals surface area contributed by atoms with E-state index in [9.17, 15) is 4.79 Å². The van der Waals surface area contributed by atoms with Gasteiger partial charge in [0, 0.05) is 23.0 Å². The van der Waals surface area contributed by atoms with Crippen molar-refractivity contribution in [2.45, 2.75) is 13.8 Å². The Morgan fingerprint density at radius 1 is 1.15 bits per heavy atom. The van der Waals surface area contributed by atoms with Crippen molar-refractivity contribution in [2.24, 2.45) is 0 Å². The van der Waals surface area contributed by atoms with Crippen LogP contribution in [0.4, 0.5) is 5.95 Å². The van der Waals surface area contributed by atoms with Gasteiger partial charge in [-0.25, -0.2) is 9.97 Å². The van der Waals surface area contributed by atoms with Gasteiger partial charge in [-0.3, -0.25) is 10.1 Å². The molecule has 1 aromatic carbocycles. The second kappa shape index (κ2) is 4.77. The van der Waals surface area contributed by atoms with E-state index in [1.54, 1.807) is 6.07 Å². The first-order chi connectivity index (χ1) is 9.63. The smallest absolute Gasteiger partial charge is 0.260 e. The number of anilines is 1. The van der Waals surface area contributed by atoms with Crippen LogP contribution in [0.1, 0.15) is 21.7 Å². The molecule has 2 N–H and O–H groups in total. The fraction of sp³-hybridized carbons (Fsp3) is 0.133. The second-order valence-electron chi connectivity index (χ2n) is 4.68. The number of aromatic amines is 1. The number of hydrogen-bond donors (Lipinski definition) is 2. The maximum Gasteiger partial charge on any atom is 0.260 e. The van der Waals surface area contributed by atoms with Crippen LogP contribution in [0.5, 0.6) is 0 Å². The predicted molar refractivity (Wildman–Crippen MR) is 77.8 cm³/mol. The molecule has 5 nitrogen and oxygen atoms in total. The molecule has 0 atom stereocenters. The van der Waals surface area contributed by atoms with E-state index in [0.717, 1.165) is 22.3 Å². The number of para-hydroxylation sites is 1. The Morgan fingerprint density at radius 3 is 2.65 bits per heavy atom. The number of rotatable bonds is 2. The highest BCUT2D eigenvalue weighted by Gasteiger charge is 2.12. The molecule has 1 amide bonds. The minimum absolute atomic E-state index is 0.219. The van der Waals surface area contributed by atoms with Crippen LogP contribution in [-0.4, -0.2) is 20.9 Å². The SMILES string of the molecule is Cc1cc(C)nc(NC(=O)c2cccc3cc[nH]c23)n1. The third-order valence-corrected chi connectivity index (χ3v) is 3.04. The van der Waals surface area contributed by atoms with Crippen LogP contribution in [0.2, 0.25) is 0 Å². The Labute approximate surface area is 116 Å². The summed E-state index contributed by atoms with van der Waals surface area (Å²) in [4.78, 5) is 23.8. The molecule has 20 heavy (non-hydrogen) atoms. The summed E-state index contributed by atoms with van der Waals surface area (Å²) >= 11 is 0. The summed E-state index contributed by atoms with van der Waals surface area (Å²) in [6.45, 7) is 3.74. The zero-order valence-corrected chi connectivity index (χ0v) is 11.3. The summed E-state index contributed by atoms with van der Waals surface area (Å²) in [5, 5.41) is 3.74. The zero-order chi connectivity index (χ0) is 14.1. The van der Waals surface area contributed by atoms with Gasteiger partial charge in [-0.2, -0.15) is 0 Å². The Morgan fingerprint density at radius 2 is 1.90 bits per heavy atom. The number of benzene rings is 1. The number of fused-ring (bicyclic) bond motifs is 1. The number of aromatic nitrogens is 3. The molecular weight excluding hydrogens is 252 g/mol. The van der Waals surface area contributed by atoms with E-state index in [1.165, 1.54) is 0 Å². The number of H-pyrrole nitrogens is 1. The molecule has 0 saturated heterocycles. The van der Waals surface area contributed by atoms with Crippen LogP contribution >= 0.6 is 0 Å². The standard InChI is InChI=1S/C15H14N4O/c1-9-8-10(2)18-15(17-9)19-14(20)12-5-3-4-11-6-7-16-13(11)12/h3-8,16H,1-2H3,(H,17,18,19,20). The molecule has 5 heteroatoms. The van der Waals surface area contributed by atoms with E-state index in [0.29, 0.717) is 11.5 Å². The molecule has 2 heterocycles. The fourth-order valence-electron chi connectivity index (χ4n) is 2.22. The lowest BCUT2D eigenvalue weighted by Crippen LogP contribution is -2.15. The van der Waals surface area contributed by atoms with E-state index in [4.69, 9.17) is 0 Å². The van der Waals surface area contributed by atoms with E-state index in [-0.39, 0.29) is 5.91 Å². The summed E-state index contributed by atoms with van der Waals surface area (Å²) < 4.78 is 0. The van der Waals surface area contributed by atoms with Crippen molar-refractivity contribution >= 4 is 22.8 Å². The average molecular weight is 266 g/mol. The van der Waals surface area contributed by atoms with Crippen molar-refractivity contribution in [3.63, 3.8) is 0 Å². The van der Waals surface area contributed by atoms with Gasteiger partial charge in [0.15, 0.2) is 0 Å². The molecule has 0 bridgehead atoms. The van der Waals surface area contributed by atoms with Gasteiger partial charge in [-0.15, -0.1) is 0 Å². The molecule has 2 aromatic heterocycles. The molecule has 100 valence electrons. The second-order valence-corrected chi connectivity index (χ2v) is 4.68. The lowest BCUT2D eigenvalue weighted by Gasteiger charge is -2.06. The third-order valence-electron chi connectivity index (χ3n) is 3.04. The van der Waals surface area contributed by atoms with Crippen LogP contribution in [0.3, 0.4) is 0 Å². The first-order valence-corrected chi connectivity index (χ1v) is 6.33. The molecule has 0 aliphatic rings. The number of hydrogen-bond acceptors (Lipinski definition) is 3. The van der Waals surface area contributed by atoms with Crippen LogP contribution in [0.15, 0.2) is 36.5 Å². The highest BCUT2D eigenvalue weighted by atomic mass is 16.1. The number of aryl methyl sites for hydroxylation is 2. The minimum atomic E-state index is -0.219. The lowest BCUT2D eigenvalue weighted by atomic mass is 10.1. The Balaban J connectivity index is 1.95. The fourth-order valence-corrected chi connectivity index (χ4v) is 2.22. The predicted octanol–water partition coefficient (Wildman–Crippen LogP) is 2.83. The Bertz CT molecular complexity index is 771. The number of carbonyl (C=O) groups excluding carboxylic acids is 1. The molecule has 0 fully saturated rings. The molecule has 0 unspecified atom stereocenters. The highest BCUT2D eigenvalue weighted by molar-refractivity contribution is 6.11. The van der Waals surface area contributed by atoms with Gasteiger partial charge in [0.25, 0.3) is 5.91 Å². The third kappa shape index (κ3) is 2.25. The van der Waals surface area contributed by atoms with Crippen LogP contribution in [0.25, 0.3) is 10.9 Å². The lowest BCUT2D eigenvalue weighted by molar-refractivity contribution is 0.102. The molecule has 0 radical (unpaired) electrons. The molecule has 0 saturated carbocycles. The van der Waals surface area contributed by atoms with Crippen LogP contribution < -0.4 is 5.32 Å². The minimum Gasteiger partial charge on any atom is -0.361 e. The molecule has 0 spiro atoms. The van der Waals surface area contributed by atoms with Crippen molar-refractivity contribution in [1.82, 2.24) is 15.0 Å². The first kappa shape index (κ1) is 12.3. The average Bonchev–Trinajstić information content (AvgIpc) is 2.85. The quantitative estimate of drug-likeness (QED) is 0.749. The van der Waals surface area contributed by atoms with Crippen molar-refractivity contribution in [1.29, 1.82) is 0 Å². The van der Waals surface area contributed by atoms with Gasteiger partial charge in [-0.05, 0) is 32.0 Å². The molecular formula is C15H14N4O. The van der Waals surface area contributed by atoms with E-state index in [1.807, 2.05) is 44.3 Å². The maximum atomic E-state index is 12.3. The Kier molecular flexibility index (Phi) is 2.95. The summed E-state index contributed by atoms with van der Waals surface area (Å²) in [6.07, 6.45) is 1.81.